The first-order chi connectivity index (χ1) is 4.84. The predicted molar refractivity (Wildman–Crippen MR) is 45.1 cm³/mol. The van der Waals surface area contributed by atoms with Gasteiger partial charge in [-0.1, -0.05) is 25.5 Å². The van der Waals surface area contributed by atoms with Crippen LogP contribution in [0.15, 0.2) is 12.2 Å². The fourth-order valence-electron chi connectivity index (χ4n) is 1.16. The number of unbranched alkanes of at least 4 members (excludes halogenated alkanes) is 1. The summed E-state index contributed by atoms with van der Waals surface area (Å²) >= 11 is 0. The number of nitrogens with zero attached hydrogens (tertiary/aromatic N) is 1. The Morgan fingerprint density at radius 2 is 2.30 bits per heavy atom. The second-order valence-electron chi connectivity index (χ2n) is 3.07. The van der Waals surface area contributed by atoms with E-state index >= 15 is 0 Å². The van der Waals surface area contributed by atoms with Crippen LogP contribution in [0.4, 0.5) is 0 Å². The molecular formula is C9H17N. The van der Waals surface area contributed by atoms with Gasteiger partial charge in [0.15, 0.2) is 0 Å². The monoisotopic (exact) mass is 139 g/mol. The maximum Gasteiger partial charge on any atom is 0.0309 e. The summed E-state index contributed by atoms with van der Waals surface area (Å²) in [5, 5.41) is 0. The Morgan fingerprint density at radius 1 is 1.60 bits per heavy atom. The number of hydrogen-bond donors (Lipinski definition) is 0. The lowest BCUT2D eigenvalue weighted by Gasteiger charge is -2.28. The highest BCUT2D eigenvalue weighted by atomic mass is 15.1. The fourth-order valence-corrected chi connectivity index (χ4v) is 1.16. The van der Waals surface area contributed by atoms with Gasteiger partial charge in [-0.2, -0.15) is 0 Å². The van der Waals surface area contributed by atoms with Crippen LogP contribution in [0.3, 0.4) is 0 Å². The average Bonchev–Trinajstić information content (AvgIpc) is 1.79. The molecule has 1 unspecified atom stereocenters. The van der Waals surface area contributed by atoms with E-state index in [9.17, 15) is 0 Å². The second kappa shape index (κ2) is 3.77. The molecule has 0 spiro atoms. The van der Waals surface area contributed by atoms with E-state index in [4.69, 9.17) is 0 Å². The van der Waals surface area contributed by atoms with Gasteiger partial charge in [0.2, 0.25) is 0 Å². The molecule has 0 aromatic carbocycles. The maximum absolute atomic E-state index is 2.43. The summed E-state index contributed by atoms with van der Waals surface area (Å²) in [4.78, 5) is 2.43. The van der Waals surface area contributed by atoms with E-state index in [1.807, 2.05) is 0 Å². The normalized spacial score (nSPS) is 23.3. The van der Waals surface area contributed by atoms with Crippen LogP contribution in [-0.2, 0) is 0 Å². The average molecular weight is 139 g/mol. The first kappa shape index (κ1) is 7.80. The molecule has 1 rings (SSSR count). The van der Waals surface area contributed by atoms with E-state index < -0.39 is 0 Å². The van der Waals surface area contributed by atoms with Crippen molar-refractivity contribution < 1.29 is 0 Å². The van der Waals surface area contributed by atoms with Crippen molar-refractivity contribution in [3.05, 3.63) is 12.2 Å². The van der Waals surface area contributed by atoms with Crippen molar-refractivity contribution in [2.75, 3.05) is 13.6 Å². The van der Waals surface area contributed by atoms with Crippen LogP contribution in [0, 0.1) is 0 Å². The molecule has 0 N–H and O–H groups in total. The molecule has 0 aliphatic heterocycles. The highest BCUT2D eigenvalue weighted by molar-refractivity contribution is 5.07. The quantitative estimate of drug-likeness (QED) is 0.539. The SMILES string of the molecule is CCCCN(C)C1C=CC1. The largest absolute Gasteiger partial charge is 0.300 e. The molecule has 10 heavy (non-hydrogen) atoms. The van der Waals surface area contributed by atoms with Gasteiger partial charge >= 0.3 is 0 Å². The van der Waals surface area contributed by atoms with E-state index in [0.717, 1.165) is 6.04 Å². The minimum Gasteiger partial charge on any atom is -0.300 e. The van der Waals surface area contributed by atoms with E-state index in [1.54, 1.807) is 0 Å². The Kier molecular flexibility index (Phi) is 2.94. The standard InChI is InChI=1S/C9H17N/c1-3-4-8-10(2)9-6-5-7-9/h5-6,9H,3-4,7-8H2,1-2H3. The topological polar surface area (TPSA) is 3.24 Å². The smallest absolute Gasteiger partial charge is 0.0309 e. The molecule has 1 aliphatic carbocycles. The summed E-state index contributed by atoms with van der Waals surface area (Å²) in [6, 6.07) is 0.756. The highest BCUT2D eigenvalue weighted by Gasteiger charge is 2.13. The summed E-state index contributed by atoms with van der Waals surface area (Å²) in [6.07, 6.45) is 8.44. The van der Waals surface area contributed by atoms with Gasteiger partial charge in [0.05, 0.1) is 0 Å². The van der Waals surface area contributed by atoms with E-state index in [1.165, 1.54) is 25.8 Å². The Bertz CT molecular complexity index is 118. The van der Waals surface area contributed by atoms with Crippen LogP contribution in [-0.4, -0.2) is 24.5 Å². The molecule has 58 valence electrons. The van der Waals surface area contributed by atoms with Crippen molar-refractivity contribution >= 4 is 0 Å². The summed E-state index contributed by atoms with van der Waals surface area (Å²) in [7, 11) is 2.21. The third-order valence-electron chi connectivity index (χ3n) is 2.17. The van der Waals surface area contributed by atoms with Gasteiger partial charge in [-0.05, 0) is 26.4 Å². The Morgan fingerprint density at radius 3 is 2.70 bits per heavy atom. The lowest BCUT2D eigenvalue weighted by Crippen LogP contribution is -2.33. The molecule has 0 aromatic heterocycles. The molecule has 0 amide bonds. The van der Waals surface area contributed by atoms with Crippen molar-refractivity contribution in [1.29, 1.82) is 0 Å². The van der Waals surface area contributed by atoms with E-state index in [-0.39, 0.29) is 0 Å². The van der Waals surface area contributed by atoms with Gasteiger partial charge in [0, 0.05) is 6.04 Å². The Labute approximate surface area is 63.7 Å². The van der Waals surface area contributed by atoms with Crippen LogP contribution in [0.5, 0.6) is 0 Å². The molecule has 1 atom stereocenters. The van der Waals surface area contributed by atoms with Crippen molar-refractivity contribution in [3.8, 4) is 0 Å². The first-order valence-electron chi connectivity index (χ1n) is 4.21. The van der Waals surface area contributed by atoms with Crippen LogP contribution in [0.1, 0.15) is 26.2 Å². The summed E-state index contributed by atoms with van der Waals surface area (Å²) in [6.45, 7) is 3.50. The molecule has 0 radical (unpaired) electrons. The molecule has 0 fully saturated rings. The molecule has 1 heteroatoms. The van der Waals surface area contributed by atoms with Gasteiger partial charge in [-0.3, -0.25) is 4.90 Å². The Hall–Kier alpha value is -0.300. The highest BCUT2D eigenvalue weighted by Crippen LogP contribution is 2.14. The maximum atomic E-state index is 2.43. The zero-order chi connectivity index (χ0) is 7.40. The summed E-state index contributed by atoms with van der Waals surface area (Å²) < 4.78 is 0. The number of rotatable bonds is 4. The Balaban J connectivity index is 2.08. The first-order valence-corrected chi connectivity index (χ1v) is 4.21. The second-order valence-corrected chi connectivity index (χ2v) is 3.07. The predicted octanol–water partition coefficient (Wildman–Crippen LogP) is 2.05. The van der Waals surface area contributed by atoms with Crippen LogP contribution < -0.4 is 0 Å². The minimum atomic E-state index is 0.756. The van der Waals surface area contributed by atoms with Gasteiger partial charge in [-0.25, -0.2) is 0 Å². The molecule has 0 saturated carbocycles. The van der Waals surface area contributed by atoms with Crippen molar-refractivity contribution in [3.63, 3.8) is 0 Å². The number of hydrogen-bond acceptors (Lipinski definition) is 1. The van der Waals surface area contributed by atoms with Gasteiger partial charge < -0.3 is 0 Å². The third kappa shape index (κ3) is 1.84. The molecule has 0 heterocycles. The van der Waals surface area contributed by atoms with Crippen LogP contribution >= 0.6 is 0 Å². The van der Waals surface area contributed by atoms with Crippen molar-refractivity contribution in [1.82, 2.24) is 4.90 Å². The third-order valence-corrected chi connectivity index (χ3v) is 2.17. The van der Waals surface area contributed by atoms with Gasteiger partial charge in [0.1, 0.15) is 0 Å². The van der Waals surface area contributed by atoms with Crippen LogP contribution in [0.25, 0.3) is 0 Å². The molecule has 0 bridgehead atoms. The molecule has 1 aliphatic rings. The summed E-state index contributed by atoms with van der Waals surface area (Å²) in [5.74, 6) is 0. The van der Waals surface area contributed by atoms with Crippen molar-refractivity contribution in [2.45, 2.75) is 32.2 Å². The number of likely N-dealkylation sites (N-methyl/N-ethyl adjacent to an activating group) is 1. The lowest BCUT2D eigenvalue weighted by molar-refractivity contribution is 0.264. The zero-order valence-corrected chi connectivity index (χ0v) is 7.01. The fraction of sp³-hybridized carbons (Fsp3) is 0.778. The minimum absolute atomic E-state index is 0.756. The zero-order valence-electron chi connectivity index (χ0n) is 7.01. The van der Waals surface area contributed by atoms with E-state index in [0.29, 0.717) is 0 Å². The van der Waals surface area contributed by atoms with Crippen LogP contribution in [0.2, 0.25) is 0 Å². The molecule has 0 aromatic rings. The van der Waals surface area contributed by atoms with Crippen molar-refractivity contribution in [2.24, 2.45) is 0 Å². The lowest BCUT2D eigenvalue weighted by atomic mass is 10.0. The van der Waals surface area contributed by atoms with E-state index in [2.05, 4.69) is 31.0 Å². The molecular weight excluding hydrogens is 122 g/mol. The molecule has 0 saturated heterocycles. The molecule has 1 nitrogen and oxygen atoms in total. The van der Waals surface area contributed by atoms with Gasteiger partial charge in [-0.15, -0.1) is 0 Å². The summed E-state index contributed by atoms with van der Waals surface area (Å²) in [5.41, 5.74) is 0. The van der Waals surface area contributed by atoms with Gasteiger partial charge in [0.25, 0.3) is 0 Å².